The Kier molecular flexibility index (Phi) is 6.88. The average Bonchev–Trinajstić information content (AvgIpc) is 2.63. The Hall–Kier alpha value is -1.39. The number of nitrogens with one attached hydrogen (secondary N) is 2. The second-order valence-corrected chi connectivity index (χ2v) is 7.92. The normalized spacial score (nSPS) is 26.1. The summed E-state index contributed by atoms with van der Waals surface area (Å²) in [7, 11) is 0. The summed E-state index contributed by atoms with van der Waals surface area (Å²) in [5, 5.41) is 6.76. The van der Waals surface area contributed by atoms with Gasteiger partial charge in [0.15, 0.2) is 0 Å². The van der Waals surface area contributed by atoms with Gasteiger partial charge in [-0.3, -0.25) is 9.69 Å². The maximum absolute atomic E-state index is 12.5. The van der Waals surface area contributed by atoms with Crippen LogP contribution < -0.4 is 10.6 Å². The summed E-state index contributed by atoms with van der Waals surface area (Å²) in [5.74, 6) is 1.36. The Bertz CT molecular complexity index is 527. The molecule has 0 saturated carbocycles. The smallest absolute Gasteiger partial charge is 0.220 e. The zero-order valence-electron chi connectivity index (χ0n) is 15.5. The molecule has 2 aliphatic heterocycles. The second-order valence-electron chi connectivity index (χ2n) is 7.92. The van der Waals surface area contributed by atoms with Gasteiger partial charge >= 0.3 is 0 Å². The molecule has 1 aromatic rings. The molecule has 4 heteroatoms. The van der Waals surface area contributed by atoms with E-state index < -0.39 is 0 Å². The molecule has 0 radical (unpaired) electrons. The van der Waals surface area contributed by atoms with Gasteiger partial charge < -0.3 is 10.6 Å². The van der Waals surface area contributed by atoms with Crippen molar-refractivity contribution in [1.29, 1.82) is 0 Å². The maximum atomic E-state index is 12.5. The van der Waals surface area contributed by atoms with Crippen molar-refractivity contribution in [3.05, 3.63) is 35.9 Å². The number of hydrogen-bond donors (Lipinski definition) is 2. The van der Waals surface area contributed by atoms with E-state index in [4.69, 9.17) is 0 Å². The van der Waals surface area contributed by atoms with Crippen LogP contribution in [0.5, 0.6) is 0 Å². The van der Waals surface area contributed by atoms with E-state index in [1.807, 2.05) is 0 Å². The van der Waals surface area contributed by atoms with Gasteiger partial charge in [0.2, 0.25) is 5.91 Å². The fourth-order valence-electron chi connectivity index (χ4n) is 4.27. The summed E-state index contributed by atoms with van der Waals surface area (Å²) < 4.78 is 0. The lowest BCUT2D eigenvalue weighted by atomic mass is 9.85. The van der Waals surface area contributed by atoms with Gasteiger partial charge in [-0.1, -0.05) is 37.3 Å². The highest BCUT2D eigenvalue weighted by atomic mass is 16.1. The molecule has 2 N–H and O–H groups in total. The molecule has 1 aromatic carbocycles. The summed E-state index contributed by atoms with van der Waals surface area (Å²) in [6, 6.07) is 10.9. The number of rotatable bonds is 6. The quantitative estimate of drug-likeness (QED) is 0.835. The molecule has 3 rings (SSSR count). The van der Waals surface area contributed by atoms with E-state index in [0.717, 1.165) is 39.1 Å². The van der Waals surface area contributed by atoms with Crippen molar-refractivity contribution in [2.24, 2.45) is 11.8 Å². The van der Waals surface area contributed by atoms with Crippen LogP contribution in [0.15, 0.2) is 30.3 Å². The SMILES string of the molecule is CC(CC(=O)NC1CCCN(Cc2ccccc2)C1)C1CCCNC1. The first-order valence-electron chi connectivity index (χ1n) is 9.97. The van der Waals surface area contributed by atoms with Gasteiger partial charge in [0.1, 0.15) is 0 Å². The van der Waals surface area contributed by atoms with Crippen LogP contribution in [0.1, 0.15) is 44.6 Å². The molecule has 138 valence electrons. The standard InChI is InChI=1S/C21H33N3O/c1-17(19-9-5-11-22-14-19)13-21(25)23-20-10-6-12-24(16-20)15-18-7-3-2-4-8-18/h2-4,7-8,17,19-20,22H,5-6,9-16H2,1H3,(H,23,25). The van der Waals surface area contributed by atoms with Crippen LogP contribution in [0.3, 0.4) is 0 Å². The highest BCUT2D eigenvalue weighted by molar-refractivity contribution is 5.76. The van der Waals surface area contributed by atoms with Crippen LogP contribution in [-0.2, 0) is 11.3 Å². The Morgan fingerprint density at radius 2 is 2.12 bits per heavy atom. The van der Waals surface area contributed by atoms with E-state index >= 15 is 0 Å². The average molecular weight is 344 g/mol. The highest BCUT2D eigenvalue weighted by Gasteiger charge is 2.25. The minimum Gasteiger partial charge on any atom is -0.352 e. The van der Waals surface area contributed by atoms with Gasteiger partial charge in [0, 0.05) is 25.6 Å². The van der Waals surface area contributed by atoms with Crippen LogP contribution in [0.4, 0.5) is 0 Å². The number of nitrogens with zero attached hydrogens (tertiary/aromatic N) is 1. The van der Waals surface area contributed by atoms with Crippen molar-refractivity contribution in [3.8, 4) is 0 Å². The number of hydrogen-bond acceptors (Lipinski definition) is 3. The summed E-state index contributed by atoms with van der Waals surface area (Å²) >= 11 is 0. The fourth-order valence-corrected chi connectivity index (χ4v) is 4.27. The lowest BCUT2D eigenvalue weighted by molar-refractivity contribution is -0.123. The first kappa shape index (κ1) is 18.4. The largest absolute Gasteiger partial charge is 0.352 e. The van der Waals surface area contributed by atoms with Crippen molar-refractivity contribution in [2.75, 3.05) is 26.2 Å². The summed E-state index contributed by atoms with van der Waals surface area (Å²) in [6.45, 7) is 7.53. The summed E-state index contributed by atoms with van der Waals surface area (Å²) in [4.78, 5) is 14.9. The lowest BCUT2D eigenvalue weighted by Gasteiger charge is -2.34. The Morgan fingerprint density at radius 1 is 1.28 bits per heavy atom. The first-order valence-corrected chi connectivity index (χ1v) is 9.97. The third kappa shape index (κ3) is 5.82. The number of likely N-dealkylation sites (tertiary alicyclic amines) is 1. The lowest BCUT2D eigenvalue weighted by Crippen LogP contribution is -2.48. The van der Waals surface area contributed by atoms with Crippen LogP contribution in [0.25, 0.3) is 0 Å². The zero-order chi connectivity index (χ0) is 17.5. The number of benzene rings is 1. The molecular formula is C21H33N3O. The van der Waals surface area contributed by atoms with E-state index in [-0.39, 0.29) is 5.91 Å². The van der Waals surface area contributed by atoms with Crippen LogP contribution in [-0.4, -0.2) is 43.0 Å². The summed E-state index contributed by atoms with van der Waals surface area (Å²) in [5.41, 5.74) is 1.35. The van der Waals surface area contributed by atoms with Gasteiger partial charge in [-0.25, -0.2) is 0 Å². The third-order valence-corrected chi connectivity index (χ3v) is 5.77. The molecule has 2 fully saturated rings. The molecule has 1 amide bonds. The van der Waals surface area contributed by atoms with Gasteiger partial charge in [-0.15, -0.1) is 0 Å². The summed E-state index contributed by atoms with van der Waals surface area (Å²) in [6.07, 6.45) is 5.45. The molecule has 2 heterocycles. The van der Waals surface area contributed by atoms with Crippen LogP contribution >= 0.6 is 0 Å². The topological polar surface area (TPSA) is 44.4 Å². The Morgan fingerprint density at radius 3 is 2.88 bits per heavy atom. The van der Waals surface area contributed by atoms with Crippen LogP contribution in [0, 0.1) is 11.8 Å². The minimum absolute atomic E-state index is 0.240. The maximum Gasteiger partial charge on any atom is 0.220 e. The molecule has 0 spiro atoms. The second kappa shape index (κ2) is 9.35. The van der Waals surface area contributed by atoms with Gasteiger partial charge in [-0.05, 0) is 62.7 Å². The van der Waals surface area contributed by atoms with E-state index in [1.165, 1.54) is 24.8 Å². The monoisotopic (exact) mass is 343 g/mol. The molecular weight excluding hydrogens is 310 g/mol. The molecule has 0 bridgehead atoms. The molecule has 4 nitrogen and oxygen atoms in total. The van der Waals surface area contributed by atoms with Gasteiger partial charge in [0.05, 0.1) is 0 Å². The van der Waals surface area contributed by atoms with Gasteiger partial charge in [0.25, 0.3) is 0 Å². The molecule has 2 aliphatic rings. The predicted octanol–water partition coefficient (Wildman–Crippen LogP) is 2.79. The van der Waals surface area contributed by atoms with Crippen molar-refractivity contribution in [3.63, 3.8) is 0 Å². The third-order valence-electron chi connectivity index (χ3n) is 5.77. The van der Waals surface area contributed by atoms with Crippen molar-refractivity contribution in [2.45, 2.75) is 51.6 Å². The Balaban J connectivity index is 1.43. The van der Waals surface area contributed by atoms with Crippen molar-refractivity contribution < 1.29 is 4.79 Å². The first-order chi connectivity index (χ1) is 12.2. The molecule has 25 heavy (non-hydrogen) atoms. The number of carbonyl (C=O) groups excluding carboxylic acids is 1. The number of piperidine rings is 2. The molecule has 0 aliphatic carbocycles. The van der Waals surface area contributed by atoms with E-state index in [0.29, 0.717) is 24.3 Å². The van der Waals surface area contributed by atoms with Gasteiger partial charge in [-0.2, -0.15) is 0 Å². The van der Waals surface area contributed by atoms with Crippen LogP contribution in [0.2, 0.25) is 0 Å². The number of carbonyl (C=O) groups is 1. The molecule has 0 aromatic heterocycles. The Labute approximate surface area is 152 Å². The number of amides is 1. The molecule has 2 saturated heterocycles. The van der Waals surface area contributed by atoms with E-state index in [1.54, 1.807) is 0 Å². The predicted molar refractivity (Wildman–Crippen MR) is 102 cm³/mol. The van der Waals surface area contributed by atoms with Crippen molar-refractivity contribution in [1.82, 2.24) is 15.5 Å². The highest BCUT2D eigenvalue weighted by Crippen LogP contribution is 2.22. The minimum atomic E-state index is 0.240. The molecule has 3 atom stereocenters. The fraction of sp³-hybridized carbons (Fsp3) is 0.667. The van der Waals surface area contributed by atoms with Crippen molar-refractivity contribution >= 4 is 5.91 Å². The molecule has 3 unspecified atom stereocenters. The van der Waals surface area contributed by atoms with E-state index in [2.05, 4.69) is 52.8 Å². The van der Waals surface area contributed by atoms with E-state index in [9.17, 15) is 4.79 Å². The zero-order valence-corrected chi connectivity index (χ0v) is 15.5.